The van der Waals surface area contributed by atoms with Crippen LogP contribution < -0.4 is 5.32 Å². The van der Waals surface area contributed by atoms with Crippen molar-refractivity contribution in [2.45, 2.75) is 56.5 Å². The lowest BCUT2D eigenvalue weighted by molar-refractivity contribution is -0.121. The summed E-state index contributed by atoms with van der Waals surface area (Å²) in [5.41, 5.74) is 0.404. The highest BCUT2D eigenvalue weighted by molar-refractivity contribution is 8.00. The smallest absolute Gasteiger partial charge is 0.233 e. The van der Waals surface area contributed by atoms with Gasteiger partial charge in [0.2, 0.25) is 5.91 Å². The zero-order valence-electron chi connectivity index (χ0n) is 16.3. The fraction of sp³-hybridized carbons (Fsp3) is 0.550. The van der Waals surface area contributed by atoms with Crippen LogP contribution in [0.2, 0.25) is 0 Å². The number of amides is 1. The molecule has 2 aromatic rings. The molecular weight excluding hydrogens is 363 g/mol. The van der Waals surface area contributed by atoms with Crippen molar-refractivity contribution in [2.75, 3.05) is 0 Å². The SMILES string of the molecule is C[C@H]1[C@@H](NC(=O)[C@@H](C)Sc2nnc(-c3ccccc3F)n2C)CCC[C@@H]1C. The summed E-state index contributed by atoms with van der Waals surface area (Å²) in [4.78, 5) is 12.7. The molecule has 1 fully saturated rings. The molecule has 5 nitrogen and oxygen atoms in total. The van der Waals surface area contributed by atoms with Crippen LogP contribution >= 0.6 is 11.8 Å². The number of hydrogen-bond donors (Lipinski definition) is 1. The first-order chi connectivity index (χ1) is 12.9. The third kappa shape index (κ3) is 4.34. The Morgan fingerprint density at radius 3 is 2.78 bits per heavy atom. The van der Waals surface area contributed by atoms with E-state index in [9.17, 15) is 9.18 Å². The normalized spacial score (nSPS) is 23.8. The third-order valence-corrected chi connectivity index (χ3v) is 6.77. The van der Waals surface area contributed by atoms with E-state index in [0.717, 1.165) is 12.8 Å². The summed E-state index contributed by atoms with van der Waals surface area (Å²) >= 11 is 1.35. The van der Waals surface area contributed by atoms with Crippen LogP contribution in [0.1, 0.15) is 40.0 Å². The minimum Gasteiger partial charge on any atom is -0.352 e. The van der Waals surface area contributed by atoms with Crippen molar-refractivity contribution in [1.29, 1.82) is 0 Å². The van der Waals surface area contributed by atoms with E-state index >= 15 is 0 Å². The Bertz CT molecular complexity index is 809. The zero-order valence-corrected chi connectivity index (χ0v) is 17.1. The first-order valence-corrected chi connectivity index (χ1v) is 10.4. The van der Waals surface area contributed by atoms with Crippen molar-refractivity contribution in [2.24, 2.45) is 18.9 Å². The van der Waals surface area contributed by atoms with Gasteiger partial charge in [-0.2, -0.15) is 0 Å². The Morgan fingerprint density at radius 1 is 1.30 bits per heavy atom. The Balaban J connectivity index is 1.67. The minimum absolute atomic E-state index is 0.0152. The number of rotatable bonds is 5. The number of benzene rings is 1. The van der Waals surface area contributed by atoms with Gasteiger partial charge in [0.1, 0.15) is 5.82 Å². The van der Waals surface area contributed by atoms with Gasteiger partial charge in [-0.05, 0) is 37.3 Å². The van der Waals surface area contributed by atoms with E-state index in [1.807, 2.05) is 6.92 Å². The first kappa shape index (κ1) is 19.9. The van der Waals surface area contributed by atoms with E-state index in [-0.39, 0.29) is 23.0 Å². The third-order valence-electron chi connectivity index (χ3n) is 5.64. The second kappa shape index (κ2) is 8.42. The molecule has 0 saturated heterocycles. The maximum Gasteiger partial charge on any atom is 0.233 e. The molecule has 0 bridgehead atoms. The predicted molar refractivity (Wildman–Crippen MR) is 106 cm³/mol. The lowest BCUT2D eigenvalue weighted by Crippen LogP contribution is -2.46. The highest BCUT2D eigenvalue weighted by Gasteiger charge is 2.30. The molecule has 1 aromatic heterocycles. The van der Waals surface area contributed by atoms with Crippen LogP contribution in [0.4, 0.5) is 4.39 Å². The monoisotopic (exact) mass is 390 g/mol. The number of thioether (sulfide) groups is 1. The molecule has 0 aliphatic heterocycles. The van der Waals surface area contributed by atoms with Crippen LogP contribution in [0.3, 0.4) is 0 Å². The van der Waals surface area contributed by atoms with Gasteiger partial charge < -0.3 is 9.88 Å². The van der Waals surface area contributed by atoms with Gasteiger partial charge in [-0.3, -0.25) is 4.79 Å². The summed E-state index contributed by atoms with van der Waals surface area (Å²) in [6, 6.07) is 6.72. The van der Waals surface area contributed by atoms with Crippen molar-refractivity contribution >= 4 is 17.7 Å². The number of aromatic nitrogens is 3. The molecule has 7 heteroatoms. The van der Waals surface area contributed by atoms with Crippen LogP contribution in [-0.2, 0) is 11.8 Å². The standard InChI is InChI=1S/C20H27FN4OS/c1-12-8-7-11-17(13(12)2)22-19(26)14(3)27-20-24-23-18(25(20)4)15-9-5-6-10-16(15)21/h5-6,9-10,12-14,17H,7-8,11H2,1-4H3,(H,22,26)/t12-,13+,14+,17-/m0/s1. The molecule has 3 rings (SSSR count). The number of carbonyl (C=O) groups is 1. The largest absolute Gasteiger partial charge is 0.352 e. The fourth-order valence-corrected chi connectivity index (χ4v) is 4.42. The quantitative estimate of drug-likeness (QED) is 0.783. The summed E-state index contributed by atoms with van der Waals surface area (Å²) in [7, 11) is 1.79. The van der Waals surface area contributed by atoms with Gasteiger partial charge >= 0.3 is 0 Å². The lowest BCUT2D eigenvalue weighted by Gasteiger charge is -2.35. The molecule has 1 heterocycles. The Labute approximate surface area is 164 Å². The van der Waals surface area contributed by atoms with E-state index < -0.39 is 0 Å². The van der Waals surface area contributed by atoms with Crippen molar-refractivity contribution < 1.29 is 9.18 Å². The van der Waals surface area contributed by atoms with Crippen molar-refractivity contribution in [1.82, 2.24) is 20.1 Å². The van der Waals surface area contributed by atoms with Gasteiger partial charge in [0.25, 0.3) is 0 Å². The average Bonchev–Trinajstić information content (AvgIpc) is 3.00. The van der Waals surface area contributed by atoms with Gasteiger partial charge in [-0.25, -0.2) is 4.39 Å². The van der Waals surface area contributed by atoms with E-state index in [1.54, 1.807) is 29.8 Å². The van der Waals surface area contributed by atoms with Crippen LogP contribution in [0.25, 0.3) is 11.4 Å². The lowest BCUT2D eigenvalue weighted by atomic mass is 9.78. The van der Waals surface area contributed by atoms with Crippen LogP contribution in [0, 0.1) is 17.7 Å². The summed E-state index contributed by atoms with van der Waals surface area (Å²) < 4.78 is 15.8. The minimum atomic E-state index is -0.337. The highest BCUT2D eigenvalue weighted by atomic mass is 32.2. The van der Waals surface area contributed by atoms with E-state index in [1.165, 1.54) is 24.2 Å². The highest BCUT2D eigenvalue weighted by Crippen LogP contribution is 2.31. The summed E-state index contributed by atoms with van der Waals surface area (Å²) in [5, 5.41) is 11.8. The summed E-state index contributed by atoms with van der Waals surface area (Å²) in [5.74, 6) is 1.26. The molecule has 0 spiro atoms. The molecular formula is C20H27FN4OS. The van der Waals surface area contributed by atoms with Crippen molar-refractivity contribution in [3.63, 3.8) is 0 Å². The fourth-order valence-electron chi connectivity index (χ4n) is 3.59. The maximum absolute atomic E-state index is 14.0. The molecule has 1 N–H and O–H groups in total. The molecule has 1 aliphatic rings. The number of carbonyl (C=O) groups excluding carboxylic acids is 1. The first-order valence-electron chi connectivity index (χ1n) is 9.49. The molecule has 0 radical (unpaired) electrons. The number of nitrogens with one attached hydrogen (secondary N) is 1. The van der Waals surface area contributed by atoms with Gasteiger partial charge in [0.15, 0.2) is 11.0 Å². The zero-order chi connectivity index (χ0) is 19.6. The average molecular weight is 391 g/mol. The van der Waals surface area contributed by atoms with Crippen LogP contribution in [0.5, 0.6) is 0 Å². The number of nitrogens with zero attached hydrogens (tertiary/aromatic N) is 3. The topological polar surface area (TPSA) is 59.8 Å². The van der Waals surface area contributed by atoms with Crippen molar-refractivity contribution in [3.05, 3.63) is 30.1 Å². The predicted octanol–water partition coefficient (Wildman–Crippen LogP) is 4.04. The molecule has 0 unspecified atom stereocenters. The number of halogens is 1. The Hall–Kier alpha value is -1.89. The van der Waals surface area contributed by atoms with E-state index in [4.69, 9.17) is 0 Å². The van der Waals surface area contributed by atoms with Crippen molar-refractivity contribution in [3.8, 4) is 11.4 Å². The van der Waals surface area contributed by atoms with Crippen LogP contribution in [0.15, 0.2) is 29.4 Å². The second-order valence-electron chi connectivity index (χ2n) is 7.49. The molecule has 1 amide bonds. The van der Waals surface area contributed by atoms with E-state index in [0.29, 0.717) is 28.4 Å². The van der Waals surface area contributed by atoms with Gasteiger partial charge in [-0.1, -0.05) is 50.6 Å². The second-order valence-corrected chi connectivity index (χ2v) is 8.80. The molecule has 1 aromatic carbocycles. The maximum atomic E-state index is 14.0. The van der Waals surface area contributed by atoms with Gasteiger partial charge in [0, 0.05) is 13.1 Å². The van der Waals surface area contributed by atoms with Crippen LogP contribution in [-0.4, -0.2) is 32.0 Å². The van der Waals surface area contributed by atoms with E-state index in [2.05, 4.69) is 29.4 Å². The molecule has 1 aliphatic carbocycles. The summed E-state index contributed by atoms with van der Waals surface area (Å²) in [6.07, 6.45) is 3.43. The summed E-state index contributed by atoms with van der Waals surface area (Å²) in [6.45, 7) is 6.34. The number of hydrogen-bond acceptors (Lipinski definition) is 4. The molecule has 146 valence electrons. The molecule has 4 atom stereocenters. The van der Waals surface area contributed by atoms with Gasteiger partial charge in [-0.15, -0.1) is 10.2 Å². The molecule has 1 saturated carbocycles. The molecule has 27 heavy (non-hydrogen) atoms. The Kier molecular flexibility index (Phi) is 6.19. The van der Waals surface area contributed by atoms with Gasteiger partial charge in [0.05, 0.1) is 10.8 Å². The Morgan fingerprint density at radius 2 is 2.04 bits per heavy atom.